The van der Waals surface area contributed by atoms with Gasteiger partial charge in [-0.1, -0.05) is 30.3 Å². The van der Waals surface area contributed by atoms with E-state index in [1.54, 1.807) is 36.4 Å². The first-order valence-corrected chi connectivity index (χ1v) is 10.8. The molecule has 2 aliphatic rings. The molecule has 0 N–H and O–H groups in total. The average molecular weight is 444 g/mol. The molecular formula is C26H25N3O4. The number of para-hydroxylation sites is 1. The lowest BCUT2D eigenvalue weighted by molar-refractivity contribution is -0.126. The number of fused-ring (bicyclic) bond motifs is 1. The lowest BCUT2D eigenvalue weighted by Crippen LogP contribution is -2.37. The normalized spacial score (nSPS) is 22.0. The molecule has 3 aromatic carbocycles. The number of hydroxylamine groups is 1. The second kappa shape index (κ2) is 8.26. The fraction of sp³-hybridized carbons (Fsp3) is 0.231. The number of rotatable bonds is 5. The fourth-order valence-electron chi connectivity index (χ4n) is 4.51. The van der Waals surface area contributed by atoms with Crippen LogP contribution >= 0.6 is 0 Å². The molecule has 2 saturated heterocycles. The van der Waals surface area contributed by atoms with E-state index >= 15 is 0 Å². The van der Waals surface area contributed by atoms with Crippen molar-refractivity contribution in [3.63, 3.8) is 0 Å². The van der Waals surface area contributed by atoms with Crippen LogP contribution in [0.5, 0.6) is 5.75 Å². The zero-order valence-electron chi connectivity index (χ0n) is 18.7. The van der Waals surface area contributed by atoms with Crippen LogP contribution in [0.2, 0.25) is 0 Å². The molecule has 2 amide bonds. The van der Waals surface area contributed by atoms with E-state index in [1.165, 1.54) is 4.90 Å². The molecule has 33 heavy (non-hydrogen) atoms. The van der Waals surface area contributed by atoms with Gasteiger partial charge in [0.25, 0.3) is 5.91 Å². The third-order valence-electron chi connectivity index (χ3n) is 6.21. The number of methoxy groups -OCH3 is 1. The molecule has 5 rings (SSSR count). The monoisotopic (exact) mass is 443 g/mol. The van der Waals surface area contributed by atoms with Gasteiger partial charge in [-0.05, 0) is 54.1 Å². The van der Waals surface area contributed by atoms with Crippen molar-refractivity contribution < 1.29 is 19.2 Å². The Morgan fingerprint density at radius 1 is 0.818 bits per heavy atom. The summed E-state index contributed by atoms with van der Waals surface area (Å²) < 4.78 is 5.20. The highest BCUT2D eigenvalue weighted by Gasteiger charge is 2.60. The van der Waals surface area contributed by atoms with Crippen molar-refractivity contribution in [3.05, 3.63) is 84.4 Å². The van der Waals surface area contributed by atoms with E-state index in [0.717, 1.165) is 16.9 Å². The number of carbonyl (C=O) groups excluding carboxylic acids is 2. The van der Waals surface area contributed by atoms with Gasteiger partial charge in [-0.25, -0.2) is 9.96 Å². The predicted octanol–water partition coefficient (Wildman–Crippen LogP) is 3.81. The number of benzene rings is 3. The number of anilines is 3. The van der Waals surface area contributed by atoms with E-state index in [0.29, 0.717) is 11.4 Å². The summed E-state index contributed by atoms with van der Waals surface area (Å²) in [4.78, 5) is 36.4. The maximum Gasteiger partial charge on any atom is 0.266 e. The van der Waals surface area contributed by atoms with E-state index in [2.05, 4.69) is 0 Å². The molecule has 168 valence electrons. The average Bonchev–Trinajstić information content (AvgIpc) is 3.36. The van der Waals surface area contributed by atoms with Crippen molar-refractivity contribution >= 4 is 28.9 Å². The smallest absolute Gasteiger partial charge is 0.266 e. The van der Waals surface area contributed by atoms with Crippen molar-refractivity contribution in [1.29, 1.82) is 0 Å². The summed E-state index contributed by atoms with van der Waals surface area (Å²) in [5.74, 6) is -0.632. The van der Waals surface area contributed by atoms with Crippen LogP contribution in [0.15, 0.2) is 78.9 Å². The number of hydrogen-bond acceptors (Lipinski definition) is 6. The first-order chi connectivity index (χ1) is 16.0. The summed E-state index contributed by atoms with van der Waals surface area (Å²) in [5.41, 5.74) is 3.27. The zero-order valence-corrected chi connectivity index (χ0v) is 18.7. The van der Waals surface area contributed by atoms with Crippen LogP contribution in [-0.4, -0.2) is 39.1 Å². The Bertz CT molecular complexity index is 1160. The summed E-state index contributed by atoms with van der Waals surface area (Å²) in [6.07, 6.45) is -0.890. The molecule has 2 fully saturated rings. The van der Waals surface area contributed by atoms with Gasteiger partial charge in [0.05, 0.1) is 24.5 Å². The Kier molecular flexibility index (Phi) is 5.26. The second-order valence-corrected chi connectivity index (χ2v) is 8.35. The van der Waals surface area contributed by atoms with Crippen LogP contribution in [0, 0.1) is 5.92 Å². The molecule has 7 nitrogen and oxygen atoms in total. The molecule has 0 bridgehead atoms. The molecule has 0 saturated carbocycles. The van der Waals surface area contributed by atoms with Crippen LogP contribution < -0.4 is 19.6 Å². The van der Waals surface area contributed by atoms with Crippen molar-refractivity contribution in [3.8, 4) is 5.75 Å². The number of ether oxygens (including phenoxy) is 1. The molecule has 7 heteroatoms. The quantitative estimate of drug-likeness (QED) is 0.559. The molecule has 0 spiro atoms. The topological polar surface area (TPSA) is 62.3 Å². The van der Waals surface area contributed by atoms with E-state index in [-0.39, 0.29) is 11.8 Å². The first kappa shape index (κ1) is 21.0. The molecule has 0 aromatic heterocycles. The Morgan fingerprint density at radius 2 is 1.48 bits per heavy atom. The molecule has 0 unspecified atom stereocenters. The van der Waals surface area contributed by atoms with Crippen LogP contribution in [0.3, 0.4) is 0 Å². The maximum absolute atomic E-state index is 13.6. The summed E-state index contributed by atoms with van der Waals surface area (Å²) in [6, 6.07) is 24.0. The number of amides is 2. The Hall–Kier alpha value is -3.84. The second-order valence-electron chi connectivity index (χ2n) is 8.35. The van der Waals surface area contributed by atoms with Gasteiger partial charge < -0.3 is 9.64 Å². The highest BCUT2D eigenvalue weighted by atomic mass is 16.7. The third kappa shape index (κ3) is 3.50. The summed E-state index contributed by atoms with van der Waals surface area (Å²) in [6.45, 7) is 0. The summed E-state index contributed by atoms with van der Waals surface area (Å²) >= 11 is 0. The Labute approximate surface area is 192 Å². The van der Waals surface area contributed by atoms with Crippen LogP contribution in [0.1, 0.15) is 11.6 Å². The van der Waals surface area contributed by atoms with Gasteiger partial charge in [0, 0.05) is 19.8 Å². The van der Waals surface area contributed by atoms with Gasteiger partial charge in [-0.3, -0.25) is 14.4 Å². The van der Waals surface area contributed by atoms with E-state index in [9.17, 15) is 9.59 Å². The zero-order chi connectivity index (χ0) is 23.1. The van der Waals surface area contributed by atoms with Crippen LogP contribution in [0.25, 0.3) is 0 Å². The number of nitrogens with zero attached hydrogens (tertiary/aromatic N) is 3. The highest BCUT2D eigenvalue weighted by Crippen LogP contribution is 2.47. The third-order valence-corrected chi connectivity index (χ3v) is 6.21. The van der Waals surface area contributed by atoms with Crippen LogP contribution in [-0.2, 0) is 14.4 Å². The lowest BCUT2D eigenvalue weighted by atomic mass is 9.90. The summed E-state index contributed by atoms with van der Waals surface area (Å²) in [7, 11) is 5.53. The van der Waals surface area contributed by atoms with Crippen molar-refractivity contribution in [2.75, 3.05) is 36.1 Å². The molecule has 2 aliphatic heterocycles. The van der Waals surface area contributed by atoms with Gasteiger partial charge in [0.2, 0.25) is 5.91 Å². The Balaban J connectivity index is 1.55. The molecule has 0 radical (unpaired) electrons. The Morgan fingerprint density at radius 3 is 2.09 bits per heavy atom. The van der Waals surface area contributed by atoms with Crippen molar-refractivity contribution in [2.45, 2.75) is 12.1 Å². The standard InChI is InChI=1S/C26H25N3O4/c1-27(2)18-11-9-17(10-12-18)23-22-24(33-29(23)20-7-5-4-6-8-20)26(31)28(25(22)30)19-13-15-21(32-3)16-14-19/h4-16,22-24H,1-3H3/t22-,23+,24-/m0/s1. The number of carbonyl (C=O) groups is 2. The molecule has 2 heterocycles. The van der Waals surface area contributed by atoms with Gasteiger partial charge >= 0.3 is 0 Å². The molecule has 0 aliphatic carbocycles. The minimum absolute atomic E-state index is 0.268. The van der Waals surface area contributed by atoms with Crippen LogP contribution in [0.4, 0.5) is 17.1 Å². The van der Waals surface area contributed by atoms with E-state index in [1.807, 2.05) is 73.6 Å². The molecule has 3 atom stereocenters. The lowest BCUT2D eigenvalue weighted by Gasteiger charge is -2.29. The maximum atomic E-state index is 13.6. The minimum atomic E-state index is -0.890. The van der Waals surface area contributed by atoms with Crippen molar-refractivity contribution in [2.24, 2.45) is 5.92 Å². The number of hydrogen-bond donors (Lipinski definition) is 0. The largest absolute Gasteiger partial charge is 0.497 e. The number of imide groups is 1. The SMILES string of the molecule is COc1ccc(N2C(=O)[C@@H]3[C@H](ON(c4ccccc4)[C@@H]3c3ccc(N(C)C)cc3)C2=O)cc1. The van der Waals surface area contributed by atoms with Gasteiger partial charge in [0.1, 0.15) is 11.7 Å². The highest BCUT2D eigenvalue weighted by molar-refractivity contribution is 6.23. The van der Waals surface area contributed by atoms with Gasteiger partial charge in [-0.15, -0.1) is 0 Å². The molecular weight excluding hydrogens is 418 g/mol. The van der Waals surface area contributed by atoms with Gasteiger partial charge in [0.15, 0.2) is 6.10 Å². The molecule has 3 aromatic rings. The van der Waals surface area contributed by atoms with Gasteiger partial charge in [-0.2, -0.15) is 0 Å². The summed E-state index contributed by atoms with van der Waals surface area (Å²) in [5, 5.41) is 1.71. The van der Waals surface area contributed by atoms with E-state index in [4.69, 9.17) is 9.57 Å². The van der Waals surface area contributed by atoms with Crippen molar-refractivity contribution in [1.82, 2.24) is 0 Å². The fourth-order valence-corrected chi connectivity index (χ4v) is 4.51. The van der Waals surface area contributed by atoms with E-state index < -0.39 is 18.1 Å². The first-order valence-electron chi connectivity index (χ1n) is 10.8. The predicted molar refractivity (Wildman–Crippen MR) is 126 cm³/mol. The minimum Gasteiger partial charge on any atom is -0.497 e.